The lowest BCUT2D eigenvalue weighted by atomic mass is 10.1. The van der Waals surface area contributed by atoms with Crippen molar-refractivity contribution in [3.8, 4) is 45.7 Å². The maximum Gasteiger partial charge on any atom is 0.248 e. The number of fused-ring (bicyclic) bond motifs is 6. The van der Waals surface area contributed by atoms with Crippen LogP contribution in [0.4, 0.5) is 0 Å². The zero-order valence-electron chi connectivity index (χ0n) is 26.1. The molecule has 10 aromatic rings. The highest BCUT2D eigenvalue weighted by atomic mass is 16.4. The van der Waals surface area contributed by atoms with Crippen molar-refractivity contribution in [1.82, 2.24) is 29.3 Å². The summed E-state index contributed by atoms with van der Waals surface area (Å²) in [4.78, 5) is 9.36. The molecule has 0 aliphatic carbocycles. The largest absolute Gasteiger partial charge is 0.416 e. The van der Waals surface area contributed by atoms with Crippen molar-refractivity contribution in [2.45, 2.75) is 0 Å². The Morgan fingerprint density at radius 1 is 0.490 bits per heavy atom. The van der Waals surface area contributed by atoms with E-state index in [9.17, 15) is 0 Å². The van der Waals surface area contributed by atoms with Gasteiger partial charge in [-0.05, 0) is 72.8 Å². The van der Waals surface area contributed by atoms with Gasteiger partial charge >= 0.3 is 0 Å². The first kappa shape index (κ1) is 27.3. The molecule has 0 aliphatic rings. The number of benzene rings is 5. The predicted molar refractivity (Wildman–Crippen MR) is 195 cm³/mol. The van der Waals surface area contributed by atoms with Crippen LogP contribution in [0.1, 0.15) is 0 Å². The lowest BCUT2D eigenvalue weighted by Crippen LogP contribution is -1.98. The minimum absolute atomic E-state index is 0.462. The molecule has 0 N–H and O–H groups in total. The number of rotatable bonds is 5. The molecular formula is C42H26N6O. The topological polar surface area (TPSA) is 74.6 Å². The van der Waals surface area contributed by atoms with Gasteiger partial charge in [-0.15, -0.1) is 10.2 Å². The van der Waals surface area contributed by atoms with E-state index in [1.807, 2.05) is 54.7 Å². The van der Waals surface area contributed by atoms with Crippen molar-refractivity contribution in [2.75, 3.05) is 0 Å². The molecule has 0 radical (unpaired) electrons. The second-order valence-corrected chi connectivity index (χ2v) is 12.0. The van der Waals surface area contributed by atoms with Crippen LogP contribution in [0.2, 0.25) is 0 Å². The molecule has 49 heavy (non-hydrogen) atoms. The molecule has 5 heterocycles. The van der Waals surface area contributed by atoms with E-state index >= 15 is 0 Å². The van der Waals surface area contributed by atoms with Crippen LogP contribution < -0.4 is 0 Å². The quantitative estimate of drug-likeness (QED) is 0.189. The van der Waals surface area contributed by atoms with Crippen molar-refractivity contribution in [3.05, 3.63) is 158 Å². The predicted octanol–water partition coefficient (Wildman–Crippen LogP) is 10.1. The number of para-hydroxylation sites is 3. The van der Waals surface area contributed by atoms with E-state index in [1.165, 1.54) is 10.8 Å². The van der Waals surface area contributed by atoms with Crippen LogP contribution >= 0.6 is 0 Å². The van der Waals surface area contributed by atoms with E-state index in [2.05, 4.69) is 121 Å². The normalized spacial score (nSPS) is 11.7. The molecule has 5 aromatic carbocycles. The first-order valence-electron chi connectivity index (χ1n) is 16.1. The molecule has 0 saturated heterocycles. The van der Waals surface area contributed by atoms with Gasteiger partial charge in [0.05, 0.1) is 27.8 Å². The van der Waals surface area contributed by atoms with E-state index in [-0.39, 0.29) is 0 Å². The summed E-state index contributed by atoms with van der Waals surface area (Å²) in [6.07, 6.45) is 3.61. The van der Waals surface area contributed by atoms with E-state index in [1.54, 1.807) is 6.20 Å². The minimum Gasteiger partial charge on any atom is -0.416 e. The molecule has 0 unspecified atom stereocenters. The first-order valence-corrected chi connectivity index (χ1v) is 16.1. The Kier molecular flexibility index (Phi) is 6.04. The van der Waals surface area contributed by atoms with Crippen molar-refractivity contribution in [3.63, 3.8) is 0 Å². The van der Waals surface area contributed by atoms with E-state index in [4.69, 9.17) is 9.40 Å². The van der Waals surface area contributed by atoms with Gasteiger partial charge in [0.2, 0.25) is 11.8 Å². The fourth-order valence-corrected chi connectivity index (χ4v) is 7.07. The van der Waals surface area contributed by atoms with Gasteiger partial charge in [-0.25, -0.2) is 4.98 Å². The van der Waals surface area contributed by atoms with Gasteiger partial charge in [0.15, 0.2) is 0 Å². The molecule has 7 heteroatoms. The summed E-state index contributed by atoms with van der Waals surface area (Å²) >= 11 is 0. The first-order chi connectivity index (χ1) is 24.3. The van der Waals surface area contributed by atoms with Crippen LogP contribution in [0.15, 0.2) is 162 Å². The lowest BCUT2D eigenvalue weighted by molar-refractivity contribution is 0.585. The summed E-state index contributed by atoms with van der Waals surface area (Å²) in [6, 6.07) is 49.9. The summed E-state index contributed by atoms with van der Waals surface area (Å²) in [5, 5.41) is 13.6. The average molecular weight is 631 g/mol. The van der Waals surface area contributed by atoms with Gasteiger partial charge in [0, 0.05) is 56.3 Å². The lowest BCUT2D eigenvalue weighted by Gasteiger charge is -2.09. The van der Waals surface area contributed by atoms with Crippen LogP contribution in [-0.2, 0) is 0 Å². The standard InChI is InChI=1S/C42H26N6O/c1-2-12-29(13-3-1)47-35-18-6-4-14-30(35)31-23-22-27(25-38(31)47)41-45-46-42(49-41)33-16-8-20-37-40(33)32-15-5-7-19-36(32)48(37)39-21-9-17-34(44-39)28-11-10-24-43-26-28/h1-26H. The molecule has 0 fully saturated rings. The van der Waals surface area contributed by atoms with Gasteiger partial charge in [-0.1, -0.05) is 72.8 Å². The molecule has 7 nitrogen and oxygen atoms in total. The highest BCUT2D eigenvalue weighted by Crippen LogP contribution is 2.39. The summed E-state index contributed by atoms with van der Waals surface area (Å²) in [5.41, 5.74) is 8.92. The summed E-state index contributed by atoms with van der Waals surface area (Å²) in [5.74, 6) is 1.75. The fourth-order valence-electron chi connectivity index (χ4n) is 7.07. The highest BCUT2D eigenvalue weighted by molar-refractivity contribution is 6.15. The Bertz CT molecular complexity index is 2830. The number of pyridine rings is 2. The van der Waals surface area contributed by atoms with Crippen LogP contribution in [0, 0.1) is 0 Å². The smallest absolute Gasteiger partial charge is 0.248 e. The number of hydrogen-bond acceptors (Lipinski definition) is 5. The molecule has 0 atom stereocenters. The summed E-state index contributed by atoms with van der Waals surface area (Å²) in [6.45, 7) is 0. The number of hydrogen-bond donors (Lipinski definition) is 0. The zero-order chi connectivity index (χ0) is 32.3. The molecular weight excluding hydrogens is 605 g/mol. The second kappa shape index (κ2) is 10.9. The average Bonchev–Trinajstić information content (AvgIpc) is 3.88. The van der Waals surface area contributed by atoms with E-state index < -0.39 is 0 Å². The Morgan fingerprint density at radius 2 is 1.22 bits per heavy atom. The fraction of sp³-hybridized carbons (Fsp3) is 0. The van der Waals surface area contributed by atoms with Crippen LogP contribution in [0.5, 0.6) is 0 Å². The summed E-state index contributed by atoms with van der Waals surface area (Å²) in [7, 11) is 0. The van der Waals surface area contributed by atoms with Crippen molar-refractivity contribution >= 4 is 43.6 Å². The third-order valence-electron chi connectivity index (χ3n) is 9.21. The molecule has 0 aliphatic heterocycles. The van der Waals surface area contributed by atoms with E-state index in [0.29, 0.717) is 11.8 Å². The Hall–Kier alpha value is -6.86. The highest BCUT2D eigenvalue weighted by Gasteiger charge is 2.21. The monoisotopic (exact) mass is 630 g/mol. The minimum atomic E-state index is 0.462. The molecule has 10 rings (SSSR count). The Morgan fingerprint density at radius 3 is 2.08 bits per heavy atom. The van der Waals surface area contributed by atoms with Crippen LogP contribution in [0.3, 0.4) is 0 Å². The van der Waals surface area contributed by atoms with Crippen LogP contribution in [-0.4, -0.2) is 29.3 Å². The van der Waals surface area contributed by atoms with Crippen LogP contribution in [0.25, 0.3) is 89.3 Å². The van der Waals surface area contributed by atoms with E-state index in [0.717, 1.165) is 66.7 Å². The second-order valence-electron chi connectivity index (χ2n) is 12.0. The SMILES string of the molecule is c1ccc(-n2c3ccccc3c3ccc(-c4nnc(-c5cccc6c5c5ccccc5n6-c5cccc(-c6cccnc6)n5)o4)cc32)cc1. The maximum absolute atomic E-state index is 6.51. The molecule has 5 aromatic heterocycles. The van der Waals surface area contributed by atoms with Crippen molar-refractivity contribution in [1.29, 1.82) is 0 Å². The zero-order valence-corrected chi connectivity index (χ0v) is 26.1. The van der Waals surface area contributed by atoms with Crippen molar-refractivity contribution < 1.29 is 4.42 Å². The van der Waals surface area contributed by atoms with Crippen molar-refractivity contribution in [2.24, 2.45) is 0 Å². The molecule has 0 spiro atoms. The Balaban J connectivity index is 1.13. The molecule has 0 bridgehead atoms. The maximum atomic E-state index is 6.51. The molecule has 0 saturated carbocycles. The van der Waals surface area contributed by atoms with Gasteiger partial charge < -0.3 is 8.98 Å². The summed E-state index contributed by atoms with van der Waals surface area (Å²) < 4.78 is 11.0. The van der Waals surface area contributed by atoms with Gasteiger partial charge in [0.25, 0.3) is 0 Å². The van der Waals surface area contributed by atoms with Gasteiger partial charge in [0.1, 0.15) is 5.82 Å². The Labute approximate surface area is 280 Å². The number of nitrogens with zero attached hydrogens (tertiary/aromatic N) is 6. The van der Waals surface area contributed by atoms with Gasteiger partial charge in [-0.2, -0.15) is 0 Å². The van der Waals surface area contributed by atoms with Gasteiger partial charge in [-0.3, -0.25) is 9.55 Å². The third kappa shape index (κ3) is 4.29. The number of aromatic nitrogens is 6. The molecule has 0 amide bonds. The third-order valence-corrected chi connectivity index (χ3v) is 9.21. The molecule has 230 valence electrons.